The predicted molar refractivity (Wildman–Crippen MR) is 94.7 cm³/mol. The summed E-state index contributed by atoms with van der Waals surface area (Å²) in [7, 11) is 0. The topological polar surface area (TPSA) is 91.9 Å². The quantitative estimate of drug-likeness (QED) is 0.294. The van der Waals surface area contributed by atoms with Crippen molar-refractivity contribution in [3.05, 3.63) is 40.9 Å². The van der Waals surface area contributed by atoms with E-state index < -0.39 is 5.82 Å². The maximum absolute atomic E-state index is 13.2. The minimum atomic E-state index is -0.548. The Morgan fingerprint density at radius 1 is 1.50 bits per heavy atom. The molecule has 1 unspecified atom stereocenters. The standard InChI is InChI=1S/C17H20ClFN4O3/c18-13-8-12(3-4-14(13)19)21-17(22-24)15-9-16(23-26-15)25-7-1-2-11-5-6-20-10-11/h3-4,8-9,11,20,24H,1-2,5-7,10H2,(H,21,22). The second-order valence-corrected chi connectivity index (χ2v) is 6.46. The van der Waals surface area contributed by atoms with Gasteiger partial charge in [0.05, 0.1) is 23.4 Å². The van der Waals surface area contributed by atoms with E-state index >= 15 is 0 Å². The van der Waals surface area contributed by atoms with Gasteiger partial charge in [-0.2, -0.15) is 0 Å². The average molecular weight is 383 g/mol. The van der Waals surface area contributed by atoms with Crippen LogP contribution < -0.4 is 15.5 Å². The van der Waals surface area contributed by atoms with E-state index in [1.807, 2.05) is 5.48 Å². The molecule has 1 atom stereocenters. The lowest BCUT2D eigenvalue weighted by Crippen LogP contribution is -2.19. The lowest BCUT2D eigenvalue weighted by atomic mass is 10.0. The summed E-state index contributed by atoms with van der Waals surface area (Å²) in [6.45, 7) is 2.70. The first-order valence-corrected chi connectivity index (χ1v) is 8.78. The van der Waals surface area contributed by atoms with Crippen molar-refractivity contribution in [2.45, 2.75) is 19.3 Å². The van der Waals surface area contributed by atoms with Gasteiger partial charge in [0.25, 0.3) is 5.88 Å². The van der Waals surface area contributed by atoms with Gasteiger partial charge in [-0.15, -0.1) is 0 Å². The Hall–Kier alpha value is -2.16. The van der Waals surface area contributed by atoms with Gasteiger partial charge in [0.2, 0.25) is 5.76 Å². The summed E-state index contributed by atoms with van der Waals surface area (Å²) in [4.78, 5) is 4.12. The van der Waals surface area contributed by atoms with Crippen LogP contribution in [-0.2, 0) is 0 Å². The summed E-state index contributed by atoms with van der Waals surface area (Å²) < 4.78 is 23.9. The van der Waals surface area contributed by atoms with Gasteiger partial charge in [0.1, 0.15) is 5.82 Å². The normalized spacial score (nSPS) is 17.5. The zero-order chi connectivity index (χ0) is 18.4. The first-order chi connectivity index (χ1) is 12.7. The van der Waals surface area contributed by atoms with Crippen molar-refractivity contribution >= 4 is 23.1 Å². The molecule has 9 heteroatoms. The largest absolute Gasteiger partial charge is 0.475 e. The molecular weight excluding hydrogens is 363 g/mol. The van der Waals surface area contributed by atoms with Gasteiger partial charge in [0, 0.05) is 0 Å². The van der Waals surface area contributed by atoms with Crippen molar-refractivity contribution in [1.82, 2.24) is 16.0 Å². The number of aliphatic imine (C=N–C) groups is 1. The lowest BCUT2D eigenvalue weighted by molar-refractivity contribution is 0.230. The van der Waals surface area contributed by atoms with Crippen LogP contribution in [0.25, 0.3) is 0 Å². The third-order valence-corrected chi connectivity index (χ3v) is 4.43. The van der Waals surface area contributed by atoms with Crippen LogP contribution in [0.4, 0.5) is 10.1 Å². The summed E-state index contributed by atoms with van der Waals surface area (Å²) in [5, 5.41) is 16.4. The summed E-state index contributed by atoms with van der Waals surface area (Å²) in [6.07, 6.45) is 3.25. The fraction of sp³-hybridized carbons (Fsp3) is 0.412. The molecule has 0 radical (unpaired) electrons. The van der Waals surface area contributed by atoms with Crippen LogP contribution >= 0.6 is 11.6 Å². The SMILES string of the molecule is ONC(=Nc1ccc(F)c(Cl)c1)c1cc(OCCCC2CCNC2)no1. The van der Waals surface area contributed by atoms with Gasteiger partial charge < -0.3 is 14.6 Å². The number of halogens is 2. The molecule has 0 bridgehead atoms. The minimum absolute atomic E-state index is 0.00653. The van der Waals surface area contributed by atoms with E-state index in [2.05, 4.69) is 15.5 Å². The molecule has 1 aliphatic heterocycles. The molecule has 0 saturated carbocycles. The fourth-order valence-corrected chi connectivity index (χ4v) is 2.94. The van der Waals surface area contributed by atoms with E-state index in [9.17, 15) is 9.60 Å². The van der Waals surface area contributed by atoms with Crippen molar-refractivity contribution < 1.29 is 18.9 Å². The number of ether oxygens (including phenoxy) is 1. The van der Waals surface area contributed by atoms with Crippen LogP contribution in [0.5, 0.6) is 5.88 Å². The number of amidine groups is 1. The van der Waals surface area contributed by atoms with Crippen molar-refractivity contribution in [3.8, 4) is 5.88 Å². The number of aromatic nitrogens is 1. The molecule has 3 N–H and O–H groups in total. The maximum Gasteiger partial charge on any atom is 0.254 e. The molecule has 7 nitrogen and oxygen atoms in total. The van der Waals surface area contributed by atoms with Crippen LogP contribution in [0, 0.1) is 11.7 Å². The molecular formula is C17H20ClFN4O3. The second-order valence-electron chi connectivity index (χ2n) is 6.05. The van der Waals surface area contributed by atoms with E-state index in [4.69, 9.17) is 20.9 Å². The van der Waals surface area contributed by atoms with Gasteiger partial charge in [-0.3, -0.25) is 5.21 Å². The van der Waals surface area contributed by atoms with E-state index in [-0.39, 0.29) is 16.6 Å². The van der Waals surface area contributed by atoms with E-state index in [1.165, 1.54) is 30.7 Å². The van der Waals surface area contributed by atoms with E-state index in [1.54, 1.807) is 0 Å². The van der Waals surface area contributed by atoms with E-state index in [0.29, 0.717) is 24.1 Å². The van der Waals surface area contributed by atoms with Crippen molar-refractivity contribution in [3.63, 3.8) is 0 Å². The molecule has 0 aliphatic carbocycles. The highest BCUT2D eigenvalue weighted by atomic mass is 35.5. The van der Waals surface area contributed by atoms with Gasteiger partial charge in [0.15, 0.2) is 5.84 Å². The van der Waals surface area contributed by atoms with Gasteiger partial charge in [-0.25, -0.2) is 14.9 Å². The summed E-state index contributed by atoms with van der Waals surface area (Å²) in [5.74, 6) is 0.666. The Bertz CT molecular complexity index is 762. The number of rotatable bonds is 7. The molecule has 140 valence electrons. The van der Waals surface area contributed by atoms with Crippen LogP contribution in [0.3, 0.4) is 0 Å². The first-order valence-electron chi connectivity index (χ1n) is 8.40. The molecule has 1 aromatic carbocycles. The smallest absolute Gasteiger partial charge is 0.254 e. The van der Waals surface area contributed by atoms with Gasteiger partial charge >= 0.3 is 0 Å². The zero-order valence-corrected chi connectivity index (χ0v) is 14.8. The zero-order valence-electron chi connectivity index (χ0n) is 14.0. The number of hydrogen-bond donors (Lipinski definition) is 3. The second kappa shape index (κ2) is 8.98. The van der Waals surface area contributed by atoms with Crippen molar-refractivity contribution in [1.29, 1.82) is 0 Å². The van der Waals surface area contributed by atoms with Gasteiger partial charge in [-0.05, 0) is 61.6 Å². The molecule has 1 saturated heterocycles. The Morgan fingerprint density at radius 3 is 3.12 bits per heavy atom. The molecule has 2 heterocycles. The number of nitrogens with zero attached hydrogens (tertiary/aromatic N) is 2. The summed E-state index contributed by atoms with van der Waals surface area (Å²) in [5.41, 5.74) is 2.28. The molecule has 0 spiro atoms. The molecule has 26 heavy (non-hydrogen) atoms. The number of hydroxylamine groups is 1. The van der Waals surface area contributed by atoms with Crippen LogP contribution in [0.1, 0.15) is 25.0 Å². The van der Waals surface area contributed by atoms with Crippen LogP contribution in [-0.4, -0.2) is 35.9 Å². The molecule has 0 amide bonds. The summed E-state index contributed by atoms with van der Waals surface area (Å²) >= 11 is 5.72. The molecule has 1 aliphatic rings. The Morgan fingerprint density at radius 2 is 2.38 bits per heavy atom. The summed E-state index contributed by atoms with van der Waals surface area (Å²) in [6, 6.07) is 5.46. The minimum Gasteiger partial charge on any atom is -0.475 e. The highest BCUT2D eigenvalue weighted by Crippen LogP contribution is 2.23. The number of hydrogen-bond acceptors (Lipinski definition) is 6. The lowest BCUT2D eigenvalue weighted by Gasteiger charge is -2.07. The third-order valence-electron chi connectivity index (χ3n) is 4.14. The molecule has 1 fully saturated rings. The third kappa shape index (κ3) is 4.94. The highest BCUT2D eigenvalue weighted by Gasteiger charge is 2.15. The number of benzene rings is 1. The Labute approximate surface area is 155 Å². The van der Waals surface area contributed by atoms with Crippen molar-refractivity contribution in [2.75, 3.05) is 19.7 Å². The van der Waals surface area contributed by atoms with Crippen LogP contribution in [0.2, 0.25) is 5.02 Å². The fourth-order valence-electron chi connectivity index (χ4n) is 2.77. The van der Waals surface area contributed by atoms with Crippen LogP contribution in [0.15, 0.2) is 33.8 Å². The van der Waals surface area contributed by atoms with Crippen molar-refractivity contribution in [2.24, 2.45) is 10.9 Å². The molecule has 3 rings (SSSR count). The monoisotopic (exact) mass is 382 g/mol. The average Bonchev–Trinajstić information content (AvgIpc) is 3.31. The predicted octanol–water partition coefficient (Wildman–Crippen LogP) is 3.29. The highest BCUT2D eigenvalue weighted by molar-refractivity contribution is 6.31. The maximum atomic E-state index is 13.2. The van der Waals surface area contributed by atoms with E-state index in [0.717, 1.165) is 25.9 Å². The Balaban J connectivity index is 1.57. The first kappa shape index (κ1) is 18.6. The molecule has 2 aromatic rings. The Kier molecular flexibility index (Phi) is 6.43. The van der Waals surface area contributed by atoms with Gasteiger partial charge in [-0.1, -0.05) is 11.6 Å². The molecule has 1 aromatic heterocycles. The number of nitrogens with one attached hydrogen (secondary N) is 2.